The van der Waals surface area contributed by atoms with Gasteiger partial charge < -0.3 is 10.4 Å². The van der Waals surface area contributed by atoms with Crippen molar-refractivity contribution >= 4 is 55.5 Å². The van der Waals surface area contributed by atoms with Gasteiger partial charge >= 0.3 is 0 Å². The second-order valence-corrected chi connectivity index (χ2v) is 12.3. The van der Waals surface area contributed by atoms with E-state index in [1.165, 1.54) is 22.1 Å². The molecule has 8 nitrogen and oxygen atoms in total. The molecule has 0 bridgehead atoms. The quantitative estimate of drug-likeness (QED) is 0.443. The molecule has 0 atom stereocenters. The standard InChI is InChI=1S/C21H21IN4O4S2/c1-21(2,3)8-9-26-20(28)16(18(27)17(24-26)14-5-4-10-31-14)19-23-13-7-6-12(22)11-15(13)32(29,30)25-19/h4-7,10-11,27H,8-9H2,1-3H3,(H,23,25). The van der Waals surface area contributed by atoms with Crippen LogP contribution in [0.3, 0.4) is 0 Å². The summed E-state index contributed by atoms with van der Waals surface area (Å²) >= 11 is 3.38. The summed E-state index contributed by atoms with van der Waals surface area (Å²) in [6.45, 7) is 6.47. The highest BCUT2D eigenvalue weighted by Crippen LogP contribution is 2.35. The molecule has 3 aromatic rings. The Bertz CT molecular complexity index is 1390. The zero-order valence-corrected chi connectivity index (χ0v) is 21.4. The third-order valence-corrected chi connectivity index (χ3v) is 7.75. The number of nitrogens with zero attached hydrogens (tertiary/aromatic N) is 3. The lowest BCUT2D eigenvalue weighted by atomic mass is 9.92. The molecule has 0 saturated carbocycles. The van der Waals surface area contributed by atoms with E-state index < -0.39 is 21.3 Å². The van der Waals surface area contributed by atoms with Gasteiger partial charge in [0.2, 0.25) is 0 Å². The van der Waals surface area contributed by atoms with Crippen LogP contribution in [-0.2, 0) is 16.6 Å². The highest BCUT2D eigenvalue weighted by molar-refractivity contribution is 14.1. The summed E-state index contributed by atoms with van der Waals surface area (Å²) in [5, 5.41) is 20.2. The maximum Gasteiger partial charge on any atom is 0.286 e. The Morgan fingerprint density at radius 1 is 1.25 bits per heavy atom. The van der Waals surface area contributed by atoms with E-state index in [0.717, 1.165) is 3.57 Å². The predicted octanol–water partition coefficient (Wildman–Crippen LogP) is 4.28. The maximum absolute atomic E-state index is 13.3. The van der Waals surface area contributed by atoms with Gasteiger partial charge in [0.15, 0.2) is 11.6 Å². The van der Waals surface area contributed by atoms with Crippen molar-refractivity contribution in [1.29, 1.82) is 0 Å². The topological polar surface area (TPSA) is 114 Å². The Balaban J connectivity index is 1.92. The molecule has 0 aliphatic carbocycles. The summed E-state index contributed by atoms with van der Waals surface area (Å²) in [5.41, 5.74) is -0.376. The molecule has 2 N–H and O–H groups in total. The SMILES string of the molecule is CC(C)(C)CCn1nc(-c2cccs2)c(O)c(C2=NS(=O)(=O)c3cc(I)ccc3N2)c1=O. The molecule has 1 aromatic carbocycles. The van der Waals surface area contributed by atoms with E-state index in [4.69, 9.17) is 0 Å². The van der Waals surface area contributed by atoms with Crippen molar-refractivity contribution in [2.24, 2.45) is 9.81 Å². The van der Waals surface area contributed by atoms with E-state index >= 15 is 0 Å². The number of thiophene rings is 1. The third kappa shape index (κ3) is 4.46. The van der Waals surface area contributed by atoms with E-state index in [1.54, 1.807) is 18.2 Å². The molecule has 0 unspecified atom stereocenters. The van der Waals surface area contributed by atoms with Crippen LogP contribution < -0.4 is 10.9 Å². The van der Waals surface area contributed by atoms with Crippen LogP contribution in [0.4, 0.5) is 5.69 Å². The number of sulfonamides is 1. The van der Waals surface area contributed by atoms with Crippen LogP contribution in [0.25, 0.3) is 10.6 Å². The van der Waals surface area contributed by atoms with Crippen LogP contribution >= 0.6 is 33.9 Å². The van der Waals surface area contributed by atoms with Gasteiger partial charge in [0.25, 0.3) is 15.6 Å². The number of amidine groups is 1. The Morgan fingerprint density at radius 2 is 2.00 bits per heavy atom. The molecule has 1 aliphatic rings. The number of aromatic hydroxyl groups is 1. The minimum absolute atomic E-state index is 0.0215. The Morgan fingerprint density at radius 3 is 2.66 bits per heavy atom. The fourth-order valence-electron chi connectivity index (χ4n) is 3.19. The molecule has 0 spiro atoms. The number of rotatable bonds is 4. The van der Waals surface area contributed by atoms with E-state index in [-0.39, 0.29) is 27.4 Å². The summed E-state index contributed by atoms with van der Waals surface area (Å²) in [5.74, 6) is -0.620. The van der Waals surface area contributed by atoms with Crippen molar-refractivity contribution in [2.75, 3.05) is 5.32 Å². The minimum Gasteiger partial charge on any atom is -0.505 e. The summed E-state index contributed by atoms with van der Waals surface area (Å²) < 4.78 is 31.6. The van der Waals surface area contributed by atoms with Gasteiger partial charge in [0, 0.05) is 10.1 Å². The monoisotopic (exact) mass is 584 g/mol. The second kappa shape index (κ2) is 8.27. The van der Waals surface area contributed by atoms with Crippen LogP contribution in [0.1, 0.15) is 32.8 Å². The van der Waals surface area contributed by atoms with E-state index in [2.05, 4.69) is 35.6 Å². The summed E-state index contributed by atoms with van der Waals surface area (Å²) in [6.07, 6.45) is 0.660. The first-order chi connectivity index (χ1) is 15.0. The lowest BCUT2D eigenvalue weighted by Gasteiger charge is -2.21. The van der Waals surface area contributed by atoms with Crippen molar-refractivity contribution in [1.82, 2.24) is 9.78 Å². The smallest absolute Gasteiger partial charge is 0.286 e. The van der Waals surface area contributed by atoms with Gasteiger partial charge in [0.1, 0.15) is 16.2 Å². The molecular formula is C21H21IN4O4S2. The van der Waals surface area contributed by atoms with E-state index in [0.29, 0.717) is 23.5 Å². The number of hydrogen-bond acceptors (Lipinski definition) is 7. The number of aryl methyl sites for hydroxylation is 1. The Hall–Kier alpha value is -2.25. The van der Waals surface area contributed by atoms with Crippen molar-refractivity contribution < 1.29 is 13.5 Å². The van der Waals surface area contributed by atoms with Crippen molar-refractivity contribution in [2.45, 2.75) is 38.6 Å². The first kappa shape index (κ1) is 22.9. The molecule has 0 saturated heterocycles. The number of nitrogens with one attached hydrogen (secondary N) is 1. The molecule has 0 radical (unpaired) electrons. The van der Waals surface area contributed by atoms with Gasteiger partial charge in [-0.25, -0.2) is 4.68 Å². The normalized spacial score (nSPS) is 15.1. The first-order valence-electron chi connectivity index (χ1n) is 9.76. The molecule has 3 heterocycles. The molecule has 4 rings (SSSR count). The molecule has 2 aromatic heterocycles. The minimum atomic E-state index is -4.07. The number of halogens is 1. The number of hydrogen-bond donors (Lipinski definition) is 2. The number of aromatic nitrogens is 2. The molecule has 0 fully saturated rings. The second-order valence-electron chi connectivity index (χ2n) is 8.57. The zero-order valence-electron chi connectivity index (χ0n) is 17.6. The molecule has 32 heavy (non-hydrogen) atoms. The highest BCUT2D eigenvalue weighted by atomic mass is 127. The van der Waals surface area contributed by atoms with Crippen LogP contribution in [-0.4, -0.2) is 29.1 Å². The van der Waals surface area contributed by atoms with Crippen molar-refractivity contribution in [3.05, 3.63) is 55.2 Å². The zero-order chi connectivity index (χ0) is 23.3. The van der Waals surface area contributed by atoms with Crippen LogP contribution in [0.5, 0.6) is 5.75 Å². The van der Waals surface area contributed by atoms with Crippen LogP contribution in [0.15, 0.2) is 49.8 Å². The first-order valence-corrected chi connectivity index (χ1v) is 13.2. The average molecular weight is 584 g/mol. The highest BCUT2D eigenvalue weighted by Gasteiger charge is 2.31. The van der Waals surface area contributed by atoms with Gasteiger partial charge in [0.05, 0.1) is 10.6 Å². The van der Waals surface area contributed by atoms with Gasteiger partial charge in [-0.2, -0.15) is 13.5 Å². The van der Waals surface area contributed by atoms with Crippen molar-refractivity contribution in [3.8, 4) is 16.3 Å². The average Bonchev–Trinajstić information content (AvgIpc) is 3.21. The number of fused-ring (bicyclic) bond motifs is 1. The number of benzene rings is 1. The summed E-state index contributed by atoms with van der Waals surface area (Å²) in [4.78, 5) is 14.0. The van der Waals surface area contributed by atoms with Crippen LogP contribution in [0.2, 0.25) is 0 Å². The Kier molecular flexibility index (Phi) is 5.92. The van der Waals surface area contributed by atoms with Crippen LogP contribution in [0, 0.1) is 8.99 Å². The maximum atomic E-state index is 13.3. The summed E-state index contributed by atoms with van der Waals surface area (Å²) in [6, 6.07) is 8.45. The lowest BCUT2D eigenvalue weighted by molar-refractivity contribution is 0.335. The van der Waals surface area contributed by atoms with Gasteiger partial charge in [-0.15, -0.1) is 15.7 Å². The number of anilines is 1. The lowest BCUT2D eigenvalue weighted by Crippen LogP contribution is -2.34. The summed E-state index contributed by atoms with van der Waals surface area (Å²) in [7, 11) is -4.07. The van der Waals surface area contributed by atoms with E-state index in [9.17, 15) is 18.3 Å². The van der Waals surface area contributed by atoms with Crippen molar-refractivity contribution in [3.63, 3.8) is 0 Å². The van der Waals surface area contributed by atoms with Gasteiger partial charge in [-0.1, -0.05) is 26.8 Å². The largest absolute Gasteiger partial charge is 0.505 e. The molecule has 1 aliphatic heterocycles. The third-order valence-electron chi connectivity index (χ3n) is 4.88. The fourth-order valence-corrected chi connectivity index (χ4v) is 5.75. The van der Waals surface area contributed by atoms with Gasteiger partial charge in [-0.05, 0) is 64.1 Å². The van der Waals surface area contributed by atoms with E-state index in [1.807, 2.05) is 34.0 Å². The molecule has 0 amide bonds. The molecular weight excluding hydrogens is 563 g/mol. The predicted molar refractivity (Wildman–Crippen MR) is 134 cm³/mol. The molecule has 168 valence electrons. The Labute approximate surface area is 203 Å². The molecule has 11 heteroatoms. The van der Waals surface area contributed by atoms with Gasteiger partial charge in [-0.3, -0.25) is 4.79 Å². The fraction of sp³-hybridized carbons (Fsp3) is 0.286.